The van der Waals surface area contributed by atoms with Crippen LogP contribution in [0.15, 0.2) is 65.9 Å². The smallest absolute Gasteiger partial charge is 0.180 e. The molecule has 0 atom stereocenters. The van der Waals surface area contributed by atoms with Gasteiger partial charge in [0.05, 0.1) is 24.5 Å². The first-order valence-corrected chi connectivity index (χ1v) is 7.61. The Kier molecular flexibility index (Phi) is 3.70. The van der Waals surface area contributed by atoms with Crippen molar-refractivity contribution in [3.05, 3.63) is 78.0 Å². The van der Waals surface area contributed by atoms with Gasteiger partial charge in [0, 0.05) is 18.0 Å². The fourth-order valence-corrected chi connectivity index (χ4v) is 2.61. The lowest BCUT2D eigenvalue weighted by Gasteiger charge is -2.07. The average Bonchev–Trinajstić information content (AvgIpc) is 3.27. The number of nitrogens with zero attached hydrogens (tertiary/aromatic N) is 5. The lowest BCUT2D eigenvalue weighted by Crippen LogP contribution is -2.11. The molecule has 0 bridgehead atoms. The highest BCUT2D eigenvalue weighted by Gasteiger charge is 2.17. The van der Waals surface area contributed by atoms with Crippen molar-refractivity contribution in [2.45, 2.75) is 6.54 Å². The van der Waals surface area contributed by atoms with E-state index in [1.165, 1.54) is 6.07 Å². The first kappa shape index (κ1) is 14.4. The number of aliphatic imine (C=N–C) groups is 1. The average molecular weight is 319 g/mol. The minimum atomic E-state index is -0.250. The molecule has 4 rings (SSSR count). The molecule has 1 aliphatic heterocycles. The lowest BCUT2D eigenvalue weighted by atomic mass is 10.2. The third-order valence-electron chi connectivity index (χ3n) is 3.76. The van der Waals surface area contributed by atoms with Crippen LogP contribution in [0.2, 0.25) is 0 Å². The van der Waals surface area contributed by atoms with Crippen LogP contribution < -0.4 is 0 Å². The monoisotopic (exact) mass is 319 g/mol. The normalized spacial score (nSPS) is 13.3. The van der Waals surface area contributed by atoms with Gasteiger partial charge in [-0.15, -0.1) is 0 Å². The summed E-state index contributed by atoms with van der Waals surface area (Å²) in [7, 11) is 0. The Bertz CT molecular complexity index is 928. The van der Waals surface area contributed by atoms with Gasteiger partial charge in [-0.05, 0) is 24.3 Å². The van der Waals surface area contributed by atoms with Crippen molar-refractivity contribution < 1.29 is 4.39 Å². The van der Waals surface area contributed by atoms with Crippen LogP contribution in [0, 0.1) is 5.82 Å². The molecule has 0 fully saturated rings. The van der Waals surface area contributed by atoms with Gasteiger partial charge in [0.15, 0.2) is 5.82 Å². The molecule has 5 nitrogen and oxygen atoms in total. The highest BCUT2D eigenvalue weighted by Crippen LogP contribution is 2.19. The SMILES string of the molecule is Fc1ccccc1Cn1nc(-c2ncccn2)cc1C1=NCC=C1. The van der Waals surface area contributed by atoms with E-state index >= 15 is 0 Å². The summed E-state index contributed by atoms with van der Waals surface area (Å²) in [5, 5.41) is 4.57. The van der Waals surface area contributed by atoms with Crippen molar-refractivity contribution in [1.82, 2.24) is 19.7 Å². The van der Waals surface area contributed by atoms with Crippen molar-refractivity contribution in [2.24, 2.45) is 4.99 Å². The van der Waals surface area contributed by atoms with Crippen LogP contribution in [-0.4, -0.2) is 32.0 Å². The Morgan fingerprint density at radius 2 is 1.92 bits per heavy atom. The van der Waals surface area contributed by atoms with E-state index in [9.17, 15) is 4.39 Å². The van der Waals surface area contributed by atoms with E-state index < -0.39 is 0 Å². The van der Waals surface area contributed by atoms with Crippen LogP contribution in [0.1, 0.15) is 11.3 Å². The van der Waals surface area contributed by atoms with Crippen LogP contribution >= 0.6 is 0 Å². The van der Waals surface area contributed by atoms with Gasteiger partial charge in [0.25, 0.3) is 0 Å². The Morgan fingerprint density at radius 1 is 1.08 bits per heavy atom. The van der Waals surface area contributed by atoms with Crippen molar-refractivity contribution in [1.29, 1.82) is 0 Å². The van der Waals surface area contributed by atoms with Crippen LogP contribution in [0.3, 0.4) is 0 Å². The van der Waals surface area contributed by atoms with Gasteiger partial charge in [0.2, 0.25) is 0 Å². The number of allylic oxidation sites excluding steroid dienone is 1. The summed E-state index contributed by atoms with van der Waals surface area (Å²) < 4.78 is 15.8. The van der Waals surface area contributed by atoms with E-state index in [1.807, 2.05) is 24.3 Å². The molecule has 0 aliphatic carbocycles. The molecular formula is C18H14FN5. The minimum Gasteiger partial charge on any atom is -0.279 e. The first-order valence-electron chi connectivity index (χ1n) is 7.61. The highest BCUT2D eigenvalue weighted by molar-refractivity contribution is 6.09. The van der Waals surface area contributed by atoms with Crippen molar-refractivity contribution >= 4 is 5.71 Å². The molecule has 24 heavy (non-hydrogen) atoms. The summed E-state index contributed by atoms with van der Waals surface area (Å²) >= 11 is 0. The molecule has 1 aliphatic rings. The number of hydrogen-bond acceptors (Lipinski definition) is 4. The van der Waals surface area contributed by atoms with E-state index in [0.29, 0.717) is 30.2 Å². The van der Waals surface area contributed by atoms with Gasteiger partial charge in [-0.1, -0.05) is 24.3 Å². The van der Waals surface area contributed by atoms with Gasteiger partial charge in [-0.3, -0.25) is 9.67 Å². The molecule has 0 N–H and O–H groups in total. The summed E-state index contributed by atoms with van der Waals surface area (Å²) in [5.74, 6) is 0.286. The van der Waals surface area contributed by atoms with Crippen molar-refractivity contribution in [2.75, 3.05) is 6.54 Å². The molecule has 3 heterocycles. The molecule has 118 valence electrons. The van der Waals surface area contributed by atoms with Crippen LogP contribution in [-0.2, 0) is 6.54 Å². The number of aromatic nitrogens is 4. The number of halogens is 1. The van der Waals surface area contributed by atoms with Crippen molar-refractivity contribution in [3.8, 4) is 11.5 Å². The van der Waals surface area contributed by atoms with Gasteiger partial charge in [0.1, 0.15) is 11.5 Å². The summed E-state index contributed by atoms with van der Waals surface area (Å²) in [4.78, 5) is 12.9. The maximum atomic E-state index is 14.0. The fourth-order valence-electron chi connectivity index (χ4n) is 2.61. The summed E-state index contributed by atoms with van der Waals surface area (Å²) in [5.41, 5.74) is 2.88. The summed E-state index contributed by atoms with van der Waals surface area (Å²) in [6, 6.07) is 10.3. The van der Waals surface area contributed by atoms with E-state index in [2.05, 4.69) is 20.1 Å². The Hall–Kier alpha value is -3.15. The second kappa shape index (κ2) is 6.16. The molecule has 2 aromatic heterocycles. The molecule has 0 spiro atoms. The summed E-state index contributed by atoms with van der Waals surface area (Å²) in [6.07, 6.45) is 7.27. The topological polar surface area (TPSA) is 56.0 Å². The number of hydrogen-bond donors (Lipinski definition) is 0. The molecule has 1 aromatic carbocycles. The molecule has 0 unspecified atom stereocenters. The Labute approximate surface area is 138 Å². The largest absolute Gasteiger partial charge is 0.279 e. The number of rotatable bonds is 4. The lowest BCUT2D eigenvalue weighted by molar-refractivity contribution is 0.584. The van der Waals surface area contributed by atoms with Crippen molar-refractivity contribution in [3.63, 3.8) is 0 Å². The van der Waals surface area contributed by atoms with Gasteiger partial charge in [-0.25, -0.2) is 14.4 Å². The summed E-state index contributed by atoms with van der Waals surface area (Å²) in [6.45, 7) is 0.971. The standard InChI is InChI=1S/C18H14FN5/c19-14-6-2-1-5-13(14)12-24-17(15-7-3-8-20-15)11-16(23-24)18-21-9-4-10-22-18/h1-7,9-11H,8,12H2. The van der Waals surface area contributed by atoms with Gasteiger partial charge in [-0.2, -0.15) is 5.10 Å². The molecule has 0 radical (unpaired) electrons. The zero-order chi connectivity index (χ0) is 16.4. The van der Waals surface area contributed by atoms with E-state index in [1.54, 1.807) is 35.3 Å². The first-order chi connectivity index (χ1) is 11.8. The van der Waals surface area contributed by atoms with Crippen LogP contribution in [0.5, 0.6) is 0 Å². The van der Waals surface area contributed by atoms with E-state index in [-0.39, 0.29) is 5.82 Å². The van der Waals surface area contributed by atoms with Gasteiger partial charge < -0.3 is 0 Å². The zero-order valence-corrected chi connectivity index (χ0v) is 12.8. The fraction of sp³-hybridized carbons (Fsp3) is 0.111. The minimum absolute atomic E-state index is 0.250. The second-order valence-electron chi connectivity index (χ2n) is 5.36. The molecule has 0 saturated heterocycles. The third kappa shape index (κ3) is 2.74. The van der Waals surface area contributed by atoms with E-state index in [4.69, 9.17) is 0 Å². The Balaban J connectivity index is 1.78. The predicted octanol–water partition coefficient (Wildman–Crippen LogP) is 2.89. The molecule has 0 saturated carbocycles. The third-order valence-corrected chi connectivity index (χ3v) is 3.76. The maximum Gasteiger partial charge on any atom is 0.180 e. The molecule has 6 heteroatoms. The second-order valence-corrected chi connectivity index (χ2v) is 5.36. The molecule has 3 aromatic rings. The molecular weight excluding hydrogens is 305 g/mol. The van der Waals surface area contributed by atoms with E-state index in [0.717, 1.165) is 11.4 Å². The predicted molar refractivity (Wildman–Crippen MR) is 89.3 cm³/mol. The quantitative estimate of drug-likeness (QED) is 0.743. The number of benzene rings is 1. The van der Waals surface area contributed by atoms with Crippen LogP contribution in [0.25, 0.3) is 11.5 Å². The maximum absolute atomic E-state index is 14.0. The molecule has 0 amide bonds. The Morgan fingerprint density at radius 3 is 2.67 bits per heavy atom. The van der Waals surface area contributed by atoms with Crippen LogP contribution in [0.4, 0.5) is 4.39 Å². The zero-order valence-electron chi connectivity index (χ0n) is 12.8. The highest BCUT2D eigenvalue weighted by atomic mass is 19.1. The van der Waals surface area contributed by atoms with Gasteiger partial charge >= 0.3 is 0 Å².